The standard InChI is InChI=1S/C20H29N3O2/c1-15(2)13-23-14-17(12-19(23)24)20(25)22-9-7-21(8-10-22)18-6-4-5-16(3)11-18/h4-6,11,15,17H,7-10,12-14H2,1-3H3/t17-/m1/s1. The zero-order chi connectivity index (χ0) is 18.0. The van der Waals surface area contributed by atoms with Crippen molar-refractivity contribution >= 4 is 17.5 Å². The summed E-state index contributed by atoms with van der Waals surface area (Å²) in [4.78, 5) is 31.1. The van der Waals surface area contributed by atoms with Crippen LogP contribution < -0.4 is 4.90 Å². The van der Waals surface area contributed by atoms with Crippen LogP contribution in [0, 0.1) is 18.8 Å². The van der Waals surface area contributed by atoms with Crippen molar-refractivity contribution in [2.24, 2.45) is 11.8 Å². The predicted octanol–water partition coefficient (Wildman–Crippen LogP) is 2.15. The Morgan fingerprint density at radius 2 is 1.92 bits per heavy atom. The quantitative estimate of drug-likeness (QED) is 0.841. The van der Waals surface area contributed by atoms with Gasteiger partial charge in [0.2, 0.25) is 11.8 Å². The second-order valence-electron chi connectivity index (χ2n) is 7.74. The van der Waals surface area contributed by atoms with Crippen molar-refractivity contribution in [1.29, 1.82) is 0 Å². The van der Waals surface area contributed by atoms with Gasteiger partial charge in [0.15, 0.2) is 0 Å². The smallest absolute Gasteiger partial charge is 0.228 e. The Morgan fingerprint density at radius 1 is 1.20 bits per heavy atom. The fourth-order valence-electron chi connectivity index (χ4n) is 3.82. The Kier molecular flexibility index (Phi) is 5.30. The van der Waals surface area contributed by atoms with Gasteiger partial charge in [0, 0.05) is 51.4 Å². The number of anilines is 1. The van der Waals surface area contributed by atoms with Gasteiger partial charge in [-0.25, -0.2) is 0 Å². The number of benzene rings is 1. The van der Waals surface area contributed by atoms with Crippen LogP contribution in [0.2, 0.25) is 0 Å². The molecule has 2 fully saturated rings. The molecule has 5 nitrogen and oxygen atoms in total. The van der Waals surface area contributed by atoms with E-state index >= 15 is 0 Å². The lowest BCUT2D eigenvalue weighted by molar-refractivity contribution is -0.136. The van der Waals surface area contributed by atoms with E-state index in [4.69, 9.17) is 0 Å². The fraction of sp³-hybridized carbons (Fsp3) is 0.600. The first kappa shape index (κ1) is 17.8. The number of carbonyl (C=O) groups excluding carboxylic acids is 2. The van der Waals surface area contributed by atoms with Gasteiger partial charge in [0.05, 0.1) is 5.92 Å². The third-order valence-corrected chi connectivity index (χ3v) is 5.11. The Labute approximate surface area is 150 Å². The van der Waals surface area contributed by atoms with Gasteiger partial charge in [-0.3, -0.25) is 9.59 Å². The maximum absolute atomic E-state index is 12.8. The number of amides is 2. The van der Waals surface area contributed by atoms with Crippen molar-refractivity contribution in [3.63, 3.8) is 0 Å². The molecule has 0 N–H and O–H groups in total. The number of piperazine rings is 1. The van der Waals surface area contributed by atoms with Crippen LogP contribution in [0.5, 0.6) is 0 Å². The highest BCUT2D eigenvalue weighted by molar-refractivity contribution is 5.89. The molecule has 2 heterocycles. The molecule has 2 aliphatic heterocycles. The largest absolute Gasteiger partial charge is 0.368 e. The highest BCUT2D eigenvalue weighted by atomic mass is 16.2. The molecule has 2 amide bonds. The second kappa shape index (κ2) is 7.46. The summed E-state index contributed by atoms with van der Waals surface area (Å²) in [5.74, 6) is 0.571. The molecule has 2 aliphatic rings. The van der Waals surface area contributed by atoms with Crippen LogP contribution in [0.1, 0.15) is 25.8 Å². The Hall–Kier alpha value is -2.04. The molecule has 0 bridgehead atoms. The molecule has 5 heteroatoms. The predicted molar refractivity (Wildman–Crippen MR) is 99.5 cm³/mol. The Morgan fingerprint density at radius 3 is 2.56 bits per heavy atom. The summed E-state index contributed by atoms with van der Waals surface area (Å²) in [6, 6.07) is 8.50. The third-order valence-electron chi connectivity index (χ3n) is 5.11. The van der Waals surface area contributed by atoms with E-state index in [0.717, 1.165) is 32.7 Å². The van der Waals surface area contributed by atoms with E-state index in [2.05, 4.69) is 49.9 Å². The molecule has 0 spiro atoms. The van der Waals surface area contributed by atoms with Crippen LogP contribution in [0.25, 0.3) is 0 Å². The fourth-order valence-corrected chi connectivity index (χ4v) is 3.82. The van der Waals surface area contributed by atoms with Gasteiger partial charge < -0.3 is 14.7 Å². The van der Waals surface area contributed by atoms with E-state index in [1.165, 1.54) is 11.3 Å². The molecule has 0 saturated carbocycles. The molecule has 0 aromatic heterocycles. The van der Waals surface area contributed by atoms with Gasteiger partial charge in [-0.15, -0.1) is 0 Å². The minimum atomic E-state index is -0.156. The van der Waals surface area contributed by atoms with Crippen molar-refractivity contribution in [1.82, 2.24) is 9.80 Å². The summed E-state index contributed by atoms with van der Waals surface area (Å²) in [6.07, 6.45) is 0.379. The highest BCUT2D eigenvalue weighted by Gasteiger charge is 2.37. The number of nitrogens with zero attached hydrogens (tertiary/aromatic N) is 3. The number of hydrogen-bond acceptors (Lipinski definition) is 3. The van der Waals surface area contributed by atoms with E-state index in [0.29, 0.717) is 18.9 Å². The van der Waals surface area contributed by atoms with Crippen LogP contribution in [0.15, 0.2) is 24.3 Å². The first-order valence-corrected chi connectivity index (χ1v) is 9.32. The number of carbonyl (C=O) groups is 2. The van der Waals surface area contributed by atoms with Gasteiger partial charge in [0.1, 0.15) is 0 Å². The molecule has 0 aliphatic carbocycles. The molecule has 2 saturated heterocycles. The molecule has 0 radical (unpaired) electrons. The van der Waals surface area contributed by atoms with Gasteiger partial charge in [-0.05, 0) is 30.5 Å². The van der Waals surface area contributed by atoms with E-state index < -0.39 is 0 Å². The van der Waals surface area contributed by atoms with Crippen LogP contribution >= 0.6 is 0 Å². The monoisotopic (exact) mass is 343 g/mol. The number of hydrogen-bond donors (Lipinski definition) is 0. The van der Waals surface area contributed by atoms with Crippen LogP contribution in [-0.4, -0.2) is 60.9 Å². The van der Waals surface area contributed by atoms with Gasteiger partial charge in [0.25, 0.3) is 0 Å². The van der Waals surface area contributed by atoms with Crippen molar-refractivity contribution in [3.05, 3.63) is 29.8 Å². The number of likely N-dealkylation sites (tertiary alicyclic amines) is 1. The zero-order valence-corrected chi connectivity index (χ0v) is 15.6. The minimum absolute atomic E-state index is 0.130. The van der Waals surface area contributed by atoms with Crippen molar-refractivity contribution in [2.75, 3.05) is 44.2 Å². The van der Waals surface area contributed by atoms with Gasteiger partial charge in [-0.2, -0.15) is 0 Å². The first-order chi connectivity index (χ1) is 11.9. The van der Waals surface area contributed by atoms with Crippen LogP contribution in [0.4, 0.5) is 5.69 Å². The van der Waals surface area contributed by atoms with Crippen molar-refractivity contribution < 1.29 is 9.59 Å². The summed E-state index contributed by atoms with van der Waals surface area (Å²) >= 11 is 0. The topological polar surface area (TPSA) is 43.9 Å². The molecule has 25 heavy (non-hydrogen) atoms. The molecule has 1 aromatic rings. The Balaban J connectivity index is 1.54. The maximum atomic E-state index is 12.8. The van der Waals surface area contributed by atoms with Crippen LogP contribution in [-0.2, 0) is 9.59 Å². The normalized spacial score (nSPS) is 21.4. The van der Waals surface area contributed by atoms with Crippen molar-refractivity contribution in [2.45, 2.75) is 27.2 Å². The van der Waals surface area contributed by atoms with E-state index in [1.807, 2.05) is 9.80 Å². The van der Waals surface area contributed by atoms with Crippen molar-refractivity contribution in [3.8, 4) is 0 Å². The second-order valence-corrected chi connectivity index (χ2v) is 7.74. The summed E-state index contributed by atoms with van der Waals surface area (Å²) in [5.41, 5.74) is 2.48. The minimum Gasteiger partial charge on any atom is -0.368 e. The van der Waals surface area contributed by atoms with Gasteiger partial charge >= 0.3 is 0 Å². The number of rotatable bonds is 4. The lowest BCUT2D eigenvalue weighted by Crippen LogP contribution is -2.50. The first-order valence-electron chi connectivity index (χ1n) is 9.32. The summed E-state index contributed by atoms with van der Waals surface area (Å²) in [5, 5.41) is 0. The SMILES string of the molecule is Cc1cccc(N2CCN(C(=O)[C@@H]3CC(=O)N(CC(C)C)C3)CC2)c1. The van der Waals surface area contributed by atoms with Crippen LogP contribution in [0.3, 0.4) is 0 Å². The Bertz CT molecular complexity index is 636. The lowest BCUT2D eigenvalue weighted by Gasteiger charge is -2.37. The molecule has 1 atom stereocenters. The molecular formula is C20H29N3O2. The highest BCUT2D eigenvalue weighted by Crippen LogP contribution is 2.23. The third kappa shape index (κ3) is 4.14. The molecule has 3 rings (SSSR count). The van der Waals surface area contributed by atoms with E-state index in [9.17, 15) is 9.59 Å². The van der Waals surface area contributed by atoms with E-state index in [1.54, 1.807) is 0 Å². The van der Waals surface area contributed by atoms with Gasteiger partial charge in [-0.1, -0.05) is 26.0 Å². The maximum Gasteiger partial charge on any atom is 0.228 e. The summed E-state index contributed by atoms with van der Waals surface area (Å²) in [6.45, 7) is 10.8. The molecule has 1 aromatic carbocycles. The lowest BCUT2D eigenvalue weighted by atomic mass is 10.1. The number of aryl methyl sites for hydroxylation is 1. The van der Waals surface area contributed by atoms with E-state index in [-0.39, 0.29) is 17.7 Å². The average molecular weight is 343 g/mol. The molecule has 136 valence electrons. The molecular weight excluding hydrogens is 314 g/mol. The molecule has 0 unspecified atom stereocenters. The summed E-state index contributed by atoms with van der Waals surface area (Å²) < 4.78 is 0. The summed E-state index contributed by atoms with van der Waals surface area (Å²) in [7, 11) is 0. The average Bonchev–Trinajstić information content (AvgIpc) is 2.94. The zero-order valence-electron chi connectivity index (χ0n) is 15.6.